The molecule has 1 aromatic carbocycles. The smallest absolute Gasteiger partial charge is 0.410 e. The van der Waals surface area contributed by atoms with Crippen molar-refractivity contribution in [3.05, 3.63) is 59.1 Å². The maximum absolute atomic E-state index is 14.3. The third-order valence-electron chi connectivity index (χ3n) is 9.58. The van der Waals surface area contributed by atoms with Crippen LogP contribution in [0.25, 0.3) is 0 Å². The van der Waals surface area contributed by atoms with Gasteiger partial charge in [0, 0.05) is 37.0 Å². The van der Waals surface area contributed by atoms with E-state index in [1.54, 1.807) is 32.2 Å². The molecule has 286 valence electrons. The fraction of sp³-hybridized carbons (Fsp3) is 0.543. The first-order valence-corrected chi connectivity index (χ1v) is 20.0. The predicted octanol–water partition coefficient (Wildman–Crippen LogP) is 3.33. The molecule has 1 saturated carbocycles. The summed E-state index contributed by atoms with van der Waals surface area (Å²) in [7, 11) is -4.41. The number of anilines is 1. The summed E-state index contributed by atoms with van der Waals surface area (Å²) in [5.74, 6) is -2.78. The molecule has 2 fully saturated rings. The number of carbonyl (C=O) groups excluding carboxylic acids is 5. The molecular formula is C35H45N7O9S2. The molecule has 0 radical (unpaired) electrons. The number of carbonyl (C=O) groups is 5. The van der Waals surface area contributed by atoms with Gasteiger partial charge in [-0.2, -0.15) is 8.42 Å². The normalized spacial score (nSPS) is 26.8. The standard InChI is InChI=1S/C35H45N7O9S2/c1-34(2,3)51-32(46)37-26-14-8-6-4-5-7-13-24-18-35(24,30(45)39-53(48,49)40-31-36-15-16-52-31)38-28(43)27-17-25(21-42(27)29(26)44)50-33(47)41-19-22-11-9-10-12-23(22)20-41/h7,9-13,15-16,24-27H,4-6,8,14,17-21H2,1-3H3,(H,36,40)(H,37,46)(H,38,43)(H,39,45)/b13-7+/t24-,25-,26+,27+,35-/m1/s1. The molecule has 3 aliphatic heterocycles. The van der Waals surface area contributed by atoms with Crippen molar-refractivity contribution in [2.75, 3.05) is 11.3 Å². The van der Waals surface area contributed by atoms with Gasteiger partial charge in [-0.05, 0) is 57.6 Å². The van der Waals surface area contributed by atoms with Crippen LogP contribution in [-0.4, -0.2) is 89.0 Å². The number of fused-ring (bicyclic) bond motifs is 3. The molecule has 16 nitrogen and oxygen atoms in total. The van der Waals surface area contributed by atoms with E-state index in [1.165, 1.54) is 16.0 Å². The fourth-order valence-corrected chi connectivity index (χ4v) is 8.58. The summed E-state index contributed by atoms with van der Waals surface area (Å²) in [6.45, 7) is 5.66. The highest BCUT2D eigenvalue weighted by Gasteiger charge is 2.61. The van der Waals surface area contributed by atoms with Crippen LogP contribution in [0.3, 0.4) is 0 Å². The molecule has 53 heavy (non-hydrogen) atoms. The second-order valence-electron chi connectivity index (χ2n) is 14.8. The van der Waals surface area contributed by atoms with Gasteiger partial charge in [0.25, 0.3) is 5.91 Å². The maximum Gasteiger partial charge on any atom is 0.410 e. The molecule has 1 aromatic heterocycles. The van der Waals surface area contributed by atoms with Gasteiger partial charge < -0.3 is 25.0 Å². The van der Waals surface area contributed by atoms with Crippen molar-refractivity contribution in [3.8, 4) is 0 Å². The summed E-state index contributed by atoms with van der Waals surface area (Å²) in [5, 5.41) is 7.08. The van der Waals surface area contributed by atoms with Crippen molar-refractivity contribution >= 4 is 56.6 Å². The van der Waals surface area contributed by atoms with Gasteiger partial charge in [0.1, 0.15) is 29.3 Å². The summed E-state index contributed by atoms with van der Waals surface area (Å²) in [5.41, 5.74) is -0.475. The Labute approximate surface area is 312 Å². The van der Waals surface area contributed by atoms with Crippen LogP contribution in [0, 0.1) is 5.92 Å². The molecule has 4 heterocycles. The number of hydrogen-bond donors (Lipinski definition) is 4. The lowest BCUT2D eigenvalue weighted by Crippen LogP contribution is -2.58. The minimum atomic E-state index is -4.41. The van der Waals surface area contributed by atoms with Gasteiger partial charge in [0.15, 0.2) is 5.13 Å². The molecule has 1 saturated heterocycles. The zero-order valence-electron chi connectivity index (χ0n) is 29.8. The van der Waals surface area contributed by atoms with E-state index >= 15 is 0 Å². The van der Waals surface area contributed by atoms with Crippen LogP contribution in [0.2, 0.25) is 0 Å². The first-order valence-electron chi connectivity index (χ1n) is 17.7. The number of nitrogens with zero attached hydrogens (tertiary/aromatic N) is 3. The number of nitrogens with one attached hydrogen (secondary N) is 4. The van der Waals surface area contributed by atoms with E-state index in [2.05, 4.69) is 20.3 Å². The molecule has 5 amide bonds. The third kappa shape index (κ3) is 9.27. The van der Waals surface area contributed by atoms with E-state index < -0.39 is 75.4 Å². The highest BCUT2D eigenvalue weighted by molar-refractivity contribution is 7.91. The number of aromatic nitrogens is 1. The zero-order chi connectivity index (χ0) is 38.0. The monoisotopic (exact) mass is 771 g/mol. The molecule has 0 unspecified atom stereocenters. The molecule has 2 aromatic rings. The Morgan fingerprint density at radius 2 is 1.81 bits per heavy atom. The molecule has 5 atom stereocenters. The summed E-state index contributed by atoms with van der Waals surface area (Å²) in [4.78, 5) is 75.3. The SMILES string of the molecule is CC(C)(C)OC(=O)N[C@H]1CCCCC/C=C/[C@@H]2C[C@@]2(C(=O)NS(=O)(=O)Nc2nccs2)NC(=O)[C@@H]2C[C@@H](OC(=O)N3Cc4ccccc4C3)CN2C1=O. The predicted molar refractivity (Wildman–Crippen MR) is 193 cm³/mol. The molecule has 6 rings (SSSR count). The van der Waals surface area contributed by atoms with Crippen LogP contribution in [0.4, 0.5) is 14.7 Å². The van der Waals surface area contributed by atoms with Crippen LogP contribution in [-0.2, 0) is 47.2 Å². The van der Waals surface area contributed by atoms with Crippen molar-refractivity contribution in [2.24, 2.45) is 5.92 Å². The number of amides is 5. The largest absolute Gasteiger partial charge is 0.444 e. The van der Waals surface area contributed by atoms with Crippen molar-refractivity contribution in [1.29, 1.82) is 0 Å². The van der Waals surface area contributed by atoms with Gasteiger partial charge in [0.2, 0.25) is 11.8 Å². The Balaban J connectivity index is 1.25. The Hall–Kier alpha value is -4.71. The average Bonchev–Trinajstić information content (AvgIpc) is 3.49. The van der Waals surface area contributed by atoms with Gasteiger partial charge >= 0.3 is 22.4 Å². The first kappa shape index (κ1) is 38.0. The van der Waals surface area contributed by atoms with Crippen LogP contribution < -0.4 is 20.1 Å². The highest BCUT2D eigenvalue weighted by Crippen LogP contribution is 2.46. The van der Waals surface area contributed by atoms with Crippen molar-refractivity contribution in [1.82, 2.24) is 30.1 Å². The summed E-state index contributed by atoms with van der Waals surface area (Å²) in [6.07, 6.45) is 5.79. The number of thiazole rings is 1. The topological polar surface area (TPSA) is 205 Å². The number of benzene rings is 1. The fourth-order valence-electron chi connectivity index (χ4n) is 6.92. The molecule has 4 N–H and O–H groups in total. The van der Waals surface area contributed by atoms with Crippen LogP contribution in [0.15, 0.2) is 48.0 Å². The van der Waals surface area contributed by atoms with E-state index in [9.17, 15) is 32.4 Å². The quantitative estimate of drug-likeness (QED) is 0.316. The number of alkyl carbamates (subject to hydrolysis) is 1. The average molecular weight is 772 g/mol. The lowest BCUT2D eigenvalue weighted by molar-refractivity contribution is -0.141. The van der Waals surface area contributed by atoms with Gasteiger partial charge in [-0.1, -0.05) is 49.3 Å². The first-order chi connectivity index (χ1) is 25.1. The van der Waals surface area contributed by atoms with Crippen LogP contribution in [0.5, 0.6) is 0 Å². The second-order valence-corrected chi connectivity index (χ2v) is 17.1. The lowest BCUT2D eigenvalue weighted by atomic mass is 10.0. The molecule has 4 aliphatic rings. The highest BCUT2D eigenvalue weighted by atomic mass is 32.2. The van der Waals surface area contributed by atoms with E-state index in [4.69, 9.17) is 9.47 Å². The van der Waals surface area contributed by atoms with Crippen molar-refractivity contribution in [2.45, 2.75) is 108 Å². The van der Waals surface area contributed by atoms with Gasteiger partial charge in [-0.25, -0.2) is 24.0 Å². The Morgan fingerprint density at radius 3 is 2.49 bits per heavy atom. The van der Waals surface area contributed by atoms with Gasteiger partial charge in [-0.15, -0.1) is 11.3 Å². The van der Waals surface area contributed by atoms with E-state index in [-0.39, 0.29) is 30.9 Å². The minimum absolute atomic E-state index is 0.0502. The number of hydrogen-bond acceptors (Lipinski definition) is 11. The lowest BCUT2D eigenvalue weighted by Gasteiger charge is -2.30. The molecule has 18 heteroatoms. The Morgan fingerprint density at radius 1 is 1.08 bits per heavy atom. The van der Waals surface area contributed by atoms with Crippen LogP contribution in [0.1, 0.15) is 76.8 Å². The summed E-state index contributed by atoms with van der Waals surface area (Å²) >= 11 is 1.03. The Kier molecular flexibility index (Phi) is 11.0. The van der Waals surface area contributed by atoms with E-state index in [0.717, 1.165) is 35.3 Å². The molecule has 0 spiro atoms. The molecular weight excluding hydrogens is 727 g/mol. The molecule has 1 aliphatic carbocycles. The van der Waals surface area contributed by atoms with E-state index in [1.807, 2.05) is 35.1 Å². The summed E-state index contributed by atoms with van der Waals surface area (Å²) < 4.78 is 41.4. The Bertz CT molecular complexity index is 1840. The summed E-state index contributed by atoms with van der Waals surface area (Å²) in [6, 6.07) is 5.37. The van der Waals surface area contributed by atoms with Gasteiger partial charge in [0.05, 0.1) is 6.54 Å². The molecule has 0 bridgehead atoms. The number of rotatable bonds is 6. The maximum atomic E-state index is 14.3. The minimum Gasteiger partial charge on any atom is -0.444 e. The second kappa shape index (κ2) is 15.3. The number of allylic oxidation sites excluding steroid dienone is 1. The van der Waals surface area contributed by atoms with Gasteiger partial charge in [-0.3, -0.25) is 19.3 Å². The van der Waals surface area contributed by atoms with Crippen molar-refractivity contribution in [3.63, 3.8) is 0 Å². The third-order valence-corrected chi connectivity index (χ3v) is 11.3. The van der Waals surface area contributed by atoms with Crippen molar-refractivity contribution < 1.29 is 41.9 Å². The van der Waals surface area contributed by atoms with Crippen LogP contribution >= 0.6 is 11.3 Å². The zero-order valence-corrected chi connectivity index (χ0v) is 31.5. The number of ether oxygens (including phenoxy) is 2. The van der Waals surface area contributed by atoms with E-state index in [0.29, 0.717) is 25.9 Å².